The molecule has 0 aromatic carbocycles. The molecule has 0 spiro atoms. The standard InChI is InChI=1S/C14H16BrN3O4S2/c1-8(2)24(20,21)18-6-5-9-11(7-18)23-14(16-9)17-13(19)10-3-4-12(15)22-10/h3-4,8H,5-7H2,1-2H3,(H,16,17,19). The molecule has 2 aromatic heterocycles. The maximum Gasteiger partial charge on any atom is 0.293 e. The molecule has 0 atom stereocenters. The first-order valence-corrected chi connectivity index (χ1v) is 10.4. The topological polar surface area (TPSA) is 92.5 Å². The number of rotatable bonds is 4. The Kier molecular flexibility index (Phi) is 4.82. The number of carbonyl (C=O) groups excluding carboxylic acids is 1. The fourth-order valence-corrected chi connectivity index (χ4v) is 4.99. The molecule has 130 valence electrons. The summed E-state index contributed by atoms with van der Waals surface area (Å²) >= 11 is 4.44. The van der Waals surface area contributed by atoms with E-state index in [0.29, 0.717) is 29.3 Å². The maximum absolute atomic E-state index is 12.3. The highest BCUT2D eigenvalue weighted by Crippen LogP contribution is 2.30. The van der Waals surface area contributed by atoms with E-state index in [1.54, 1.807) is 26.0 Å². The summed E-state index contributed by atoms with van der Waals surface area (Å²) in [4.78, 5) is 17.3. The molecule has 3 heterocycles. The molecule has 1 aliphatic rings. The second-order valence-corrected chi connectivity index (χ2v) is 9.98. The van der Waals surface area contributed by atoms with Crippen molar-refractivity contribution >= 4 is 48.3 Å². The highest BCUT2D eigenvalue weighted by atomic mass is 79.9. The number of anilines is 1. The summed E-state index contributed by atoms with van der Waals surface area (Å²) in [5.41, 5.74) is 0.839. The number of aromatic nitrogens is 1. The third kappa shape index (κ3) is 3.41. The number of sulfonamides is 1. The Morgan fingerprint density at radius 1 is 1.46 bits per heavy atom. The van der Waals surface area contributed by atoms with E-state index in [2.05, 4.69) is 26.2 Å². The van der Waals surface area contributed by atoms with Gasteiger partial charge in [-0.3, -0.25) is 10.1 Å². The zero-order chi connectivity index (χ0) is 17.5. The lowest BCUT2D eigenvalue weighted by Gasteiger charge is -2.26. The van der Waals surface area contributed by atoms with Crippen molar-refractivity contribution in [3.63, 3.8) is 0 Å². The zero-order valence-electron chi connectivity index (χ0n) is 13.1. The molecular formula is C14H16BrN3O4S2. The SMILES string of the molecule is CC(C)S(=O)(=O)N1CCc2nc(NC(=O)c3ccc(Br)o3)sc2C1. The minimum absolute atomic E-state index is 0.180. The van der Waals surface area contributed by atoms with Crippen LogP contribution in [0.4, 0.5) is 5.13 Å². The van der Waals surface area contributed by atoms with Crippen LogP contribution in [-0.4, -0.2) is 35.4 Å². The third-order valence-electron chi connectivity index (χ3n) is 3.67. The van der Waals surface area contributed by atoms with Crippen LogP contribution >= 0.6 is 27.3 Å². The van der Waals surface area contributed by atoms with Gasteiger partial charge in [0.1, 0.15) is 0 Å². The summed E-state index contributed by atoms with van der Waals surface area (Å²) in [6, 6.07) is 3.19. The molecule has 0 saturated heterocycles. The van der Waals surface area contributed by atoms with Gasteiger partial charge in [-0.25, -0.2) is 13.4 Å². The van der Waals surface area contributed by atoms with E-state index in [9.17, 15) is 13.2 Å². The first-order chi connectivity index (χ1) is 11.3. The van der Waals surface area contributed by atoms with E-state index in [-0.39, 0.29) is 5.76 Å². The van der Waals surface area contributed by atoms with Gasteiger partial charge < -0.3 is 4.42 Å². The summed E-state index contributed by atoms with van der Waals surface area (Å²) in [7, 11) is -3.29. The van der Waals surface area contributed by atoms with E-state index in [1.807, 2.05) is 0 Å². The summed E-state index contributed by atoms with van der Waals surface area (Å²) < 4.78 is 31.7. The molecule has 10 heteroatoms. The average molecular weight is 434 g/mol. The van der Waals surface area contributed by atoms with E-state index in [1.165, 1.54) is 15.6 Å². The fraction of sp³-hybridized carbons (Fsp3) is 0.429. The molecule has 0 aliphatic carbocycles. The van der Waals surface area contributed by atoms with E-state index < -0.39 is 21.2 Å². The van der Waals surface area contributed by atoms with E-state index in [0.717, 1.165) is 10.6 Å². The Labute approximate surface area is 152 Å². The molecule has 2 aromatic rings. The van der Waals surface area contributed by atoms with Crippen LogP contribution in [0, 0.1) is 0 Å². The number of nitrogens with zero attached hydrogens (tertiary/aromatic N) is 2. The first kappa shape index (κ1) is 17.6. The van der Waals surface area contributed by atoms with Crippen LogP contribution in [0.3, 0.4) is 0 Å². The molecule has 0 fully saturated rings. The summed E-state index contributed by atoms with van der Waals surface area (Å²) in [6.45, 7) is 4.06. The van der Waals surface area contributed by atoms with Gasteiger partial charge in [0, 0.05) is 24.4 Å². The van der Waals surface area contributed by atoms with E-state index >= 15 is 0 Å². The van der Waals surface area contributed by atoms with Crippen LogP contribution in [0.25, 0.3) is 0 Å². The Morgan fingerprint density at radius 3 is 2.83 bits per heavy atom. The fourth-order valence-electron chi connectivity index (χ4n) is 2.34. The van der Waals surface area contributed by atoms with Gasteiger partial charge in [-0.2, -0.15) is 4.31 Å². The first-order valence-electron chi connectivity index (χ1n) is 7.31. The number of nitrogens with one attached hydrogen (secondary N) is 1. The average Bonchev–Trinajstić information content (AvgIpc) is 3.11. The van der Waals surface area contributed by atoms with Gasteiger partial charge in [0.15, 0.2) is 15.6 Å². The molecule has 0 bridgehead atoms. The predicted molar refractivity (Wildman–Crippen MR) is 94.6 cm³/mol. The van der Waals surface area contributed by atoms with Crippen LogP contribution in [0.1, 0.15) is 35.0 Å². The number of hydrogen-bond acceptors (Lipinski definition) is 6. The second kappa shape index (κ2) is 6.58. The molecule has 1 N–H and O–H groups in total. The van der Waals surface area contributed by atoms with Gasteiger partial charge in [-0.1, -0.05) is 0 Å². The molecule has 0 unspecified atom stereocenters. The number of amides is 1. The van der Waals surface area contributed by atoms with E-state index in [4.69, 9.17) is 4.42 Å². The normalized spacial score (nSPS) is 15.5. The quantitative estimate of drug-likeness (QED) is 0.799. The summed E-state index contributed by atoms with van der Waals surface area (Å²) in [5.74, 6) is -0.211. The Balaban J connectivity index is 1.75. The lowest BCUT2D eigenvalue weighted by atomic mass is 10.2. The van der Waals surface area contributed by atoms with Crippen LogP contribution in [-0.2, 0) is 23.0 Å². The second-order valence-electron chi connectivity index (χ2n) is 5.62. The summed E-state index contributed by atoms with van der Waals surface area (Å²) in [6.07, 6.45) is 0.542. The van der Waals surface area contributed by atoms with Gasteiger partial charge in [-0.15, -0.1) is 11.3 Å². The molecule has 3 rings (SSSR count). The van der Waals surface area contributed by atoms with Crippen molar-refractivity contribution < 1.29 is 17.6 Å². The van der Waals surface area contributed by atoms with Crippen molar-refractivity contribution in [2.75, 3.05) is 11.9 Å². The maximum atomic E-state index is 12.3. The van der Waals surface area contributed by atoms with Crippen molar-refractivity contribution in [3.05, 3.63) is 33.1 Å². The Hall–Kier alpha value is -1.23. The predicted octanol–water partition coefficient (Wildman–Crippen LogP) is 2.85. The molecule has 0 radical (unpaired) electrons. The lowest BCUT2D eigenvalue weighted by Crippen LogP contribution is -2.39. The minimum Gasteiger partial charge on any atom is -0.444 e. The number of halogens is 1. The number of carbonyl (C=O) groups is 1. The minimum atomic E-state index is -3.29. The van der Waals surface area contributed by atoms with Crippen LogP contribution in [0.2, 0.25) is 0 Å². The summed E-state index contributed by atoms with van der Waals surface area (Å²) in [5, 5.41) is 2.68. The van der Waals surface area contributed by atoms with Crippen molar-refractivity contribution in [3.8, 4) is 0 Å². The molecule has 24 heavy (non-hydrogen) atoms. The van der Waals surface area contributed by atoms with Gasteiger partial charge in [0.25, 0.3) is 5.91 Å². The highest BCUT2D eigenvalue weighted by Gasteiger charge is 2.31. The number of hydrogen-bond donors (Lipinski definition) is 1. The monoisotopic (exact) mass is 433 g/mol. The zero-order valence-corrected chi connectivity index (χ0v) is 16.3. The van der Waals surface area contributed by atoms with Crippen LogP contribution in [0.15, 0.2) is 21.2 Å². The van der Waals surface area contributed by atoms with Crippen molar-refractivity contribution in [2.45, 2.75) is 32.1 Å². The highest BCUT2D eigenvalue weighted by molar-refractivity contribution is 9.10. The smallest absolute Gasteiger partial charge is 0.293 e. The molecule has 1 aliphatic heterocycles. The Bertz CT molecular complexity index is 872. The van der Waals surface area contributed by atoms with Gasteiger partial charge >= 0.3 is 0 Å². The number of furan rings is 1. The molecule has 7 nitrogen and oxygen atoms in total. The largest absolute Gasteiger partial charge is 0.444 e. The van der Waals surface area contributed by atoms with Gasteiger partial charge in [0.2, 0.25) is 10.0 Å². The number of fused-ring (bicyclic) bond motifs is 1. The molecular weight excluding hydrogens is 418 g/mol. The number of thiazole rings is 1. The van der Waals surface area contributed by atoms with Gasteiger partial charge in [0.05, 0.1) is 10.9 Å². The lowest BCUT2D eigenvalue weighted by molar-refractivity contribution is 0.0995. The van der Waals surface area contributed by atoms with Crippen molar-refractivity contribution in [1.82, 2.24) is 9.29 Å². The molecule has 0 saturated carbocycles. The van der Waals surface area contributed by atoms with Gasteiger partial charge in [-0.05, 0) is 41.9 Å². The van der Waals surface area contributed by atoms with Crippen molar-refractivity contribution in [2.24, 2.45) is 0 Å². The molecule has 1 amide bonds. The van der Waals surface area contributed by atoms with Crippen molar-refractivity contribution in [1.29, 1.82) is 0 Å². The third-order valence-corrected chi connectivity index (χ3v) is 7.32. The Morgan fingerprint density at radius 2 is 2.21 bits per heavy atom. The van der Waals surface area contributed by atoms with Crippen LogP contribution in [0.5, 0.6) is 0 Å². The van der Waals surface area contributed by atoms with Crippen LogP contribution < -0.4 is 5.32 Å².